The molecule has 206 valence electrons. The highest BCUT2D eigenvalue weighted by atomic mass is 16.3. The van der Waals surface area contributed by atoms with Crippen molar-refractivity contribution in [3.05, 3.63) is 63.5 Å². The van der Waals surface area contributed by atoms with Crippen LogP contribution in [0, 0.1) is 5.41 Å². The van der Waals surface area contributed by atoms with Gasteiger partial charge in [-0.1, -0.05) is 13.8 Å². The third-order valence-corrected chi connectivity index (χ3v) is 7.80. The molecule has 0 spiro atoms. The van der Waals surface area contributed by atoms with E-state index >= 15 is 0 Å². The van der Waals surface area contributed by atoms with E-state index in [1.54, 1.807) is 43.5 Å². The molecule has 0 radical (unpaired) electrons. The lowest BCUT2D eigenvalue weighted by molar-refractivity contribution is 0.0962. The van der Waals surface area contributed by atoms with Gasteiger partial charge in [-0.05, 0) is 54.5 Å². The van der Waals surface area contributed by atoms with Gasteiger partial charge in [-0.25, -0.2) is 4.98 Å². The molecule has 39 heavy (non-hydrogen) atoms. The summed E-state index contributed by atoms with van der Waals surface area (Å²) in [5, 5.41) is 13.6. The van der Waals surface area contributed by atoms with Crippen LogP contribution in [0.15, 0.2) is 40.4 Å². The van der Waals surface area contributed by atoms with Gasteiger partial charge in [-0.3, -0.25) is 19.5 Å². The summed E-state index contributed by atoms with van der Waals surface area (Å²) in [7, 11) is 3.38. The number of anilines is 2. The van der Waals surface area contributed by atoms with E-state index in [2.05, 4.69) is 33.7 Å². The van der Waals surface area contributed by atoms with Crippen LogP contribution >= 0.6 is 0 Å². The Labute approximate surface area is 228 Å². The Balaban J connectivity index is 1.50. The monoisotopic (exact) mass is 531 g/mol. The average Bonchev–Trinajstić information content (AvgIpc) is 3.38. The summed E-state index contributed by atoms with van der Waals surface area (Å²) in [5.74, 6) is 0.317. The van der Waals surface area contributed by atoms with Gasteiger partial charge in [0.05, 0.1) is 12.8 Å². The molecule has 0 bridgehead atoms. The van der Waals surface area contributed by atoms with Crippen LogP contribution in [-0.4, -0.2) is 50.6 Å². The predicted molar refractivity (Wildman–Crippen MR) is 153 cm³/mol. The topological polar surface area (TPSA) is 131 Å². The molecule has 1 unspecified atom stereocenters. The Morgan fingerprint density at radius 1 is 1.26 bits per heavy atom. The highest BCUT2D eigenvalue weighted by Crippen LogP contribution is 2.40. The Morgan fingerprint density at radius 2 is 2.03 bits per heavy atom. The van der Waals surface area contributed by atoms with Crippen molar-refractivity contribution in [3.8, 4) is 11.1 Å². The minimum absolute atomic E-state index is 0.116. The number of fused-ring (bicyclic) bond motifs is 3. The normalized spacial score (nSPS) is 17.3. The number of hydrogen-bond acceptors (Lipinski definition) is 7. The summed E-state index contributed by atoms with van der Waals surface area (Å²) in [6, 6.07) is 5.55. The van der Waals surface area contributed by atoms with E-state index in [0.717, 1.165) is 18.6 Å². The van der Waals surface area contributed by atoms with E-state index in [1.807, 2.05) is 13.0 Å². The molecule has 5 rings (SSSR count). The number of amides is 1. The maximum absolute atomic E-state index is 13.7. The number of aromatic nitrogens is 3. The van der Waals surface area contributed by atoms with E-state index in [-0.39, 0.29) is 23.5 Å². The number of aryl methyl sites for hydroxylation is 1. The number of aliphatic hydroxyl groups excluding tert-OH is 1. The average molecular weight is 532 g/mol. The van der Waals surface area contributed by atoms with Gasteiger partial charge in [0.2, 0.25) is 0 Å². The zero-order chi connectivity index (χ0) is 28.1. The van der Waals surface area contributed by atoms with Crippen LogP contribution in [0.4, 0.5) is 11.5 Å². The number of hydrogen-bond donors (Lipinski definition) is 3. The van der Waals surface area contributed by atoms with Crippen molar-refractivity contribution < 1.29 is 9.90 Å². The van der Waals surface area contributed by atoms with E-state index < -0.39 is 6.17 Å². The molecule has 1 amide bonds. The number of carbonyl (C=O) groups is 1. The molecule has 3 aromatic heterocycles. The van der Waals surface area contributed by atoms with Gasteiger partial charge >= 0.3 is 0 Å². The van der Waals surface area contributed by atoms with E-state index in [4.69, 9.17) is 5.73 Å². The van der Waals surface area contributed by atoms with Crippen LogP contribution in [-0.2, 0) is 33.0 Å². The van der Waals surface area contributed by atoms with Crippen molar-refractivity contribution in [2.45, 2.75) is 59.4 Å². The molecular formula is C29H37N7O3. The minimum atomic E-state index is -0.489. The molecule has 0 aromatic carbocycles. The summed E-state index contributed by atoms with van der Waals surface area (Å²) < 4.78 is 3.64. The van der Waals surface area contributed by atoms with Gasteiger partial charge < -0.3 is 25.3 Å². The van der Waals surface area contributed by atoms with Crippen LogP contribution in [0.3, 0.4) is 0 Å². The number of nitrogens with one attached hydrogen (secondary N) is 1. The summed E-state index contributed by atoms with van der Waals surface area (Å²) in [4.78, 5) is 36.9. The second-order valence-electron chi connectivity index (χ2n) is 11.4. The largest absolute Gasteiger partial charge is 0.392 e. The third kappa shape index (κ3) is 4.90. The maximum Gasteiger partial charge on any atom is 0.276 e. The number of nitrogens with two attached hydrogens (primary N) is 1. The first kappa shape index (κ1) is 26.8. The van der Waals surface area contributed by atoms with Crippen LogP contribution < -0.4 is 21.5 Å². The lowest BCUT2D eigenvalue weighted by atomic mass is 9.90. The second-order valence-corrected chi connectivity index (χ2v) is 11.4. The number of nitrogens with zero attached hydrogens (tertiary/aromatic N) is 5. The standard InChI is InChI=1S/C29H37N7O3/c1-17(31-4)10-25(30)33-22-11-19(15-34(5)27(22)38)20-6-7-32-26(21(20)16-37)36-9-8-35-23(28(36)39)12-18-13-29(2,3)14-24(18)35/h6-7,11-12,15,25,33,37H,8-10,13-14,16,30H2,1-5H3. The Bertz CT molecular complexity index is 1530. The summed E-state index contributed by atoms with van der Waals surface area (Å²) in [5.41, 5.74) is 12.5. The second kappa shape index (κ2) is 10.1. The molecule has 4 heterocycles. The molecular weight excluding hydrogens is 494 g/mol. The number of pyridine rings is 2. The lowest BCUT2D eigenvalue weighted by Gasteiger charge is -2.31. The first-order valence-corrected chi connectivity index (χ1v) is 13.3. The zero-order valence-electron chi connectivity index (χ0n) is 23.3. The number of rotatable bonds is 7. The molecule has 3 aromatic rings. The van der Waals surface area contributed by atoms with Crippen LogP contribution in [0.25, 0.3) is 11.1 Å². The molecule has 10 nitrogen and oxygen atoms in total. The summed E-state index contributed by atoms with van der Waals surface area (Å²) in [6.07, 6.45) is 5.27. The quantitative estimate of drug-likeness (QED) is 0.317. The SMILES string of the molecule is CN=C(C)CC(N)Nc1cc(-c2ccnc(N3CCn4c(cc5c4CC(C)(C)C5)C3=O)c2CO)cn(C)c1=O. The van der Waals surface area contributed by atoms with Crippen molar-refractivity contribution in [2.75, 3.05) is 23.8 Å². The Kier molecular flexibility index (Phi) is 6.94. The number of aliphatic imine (C=N–C) groups is 1. The van der Waals surface area contributed by atoms with Crippen molar-refractivity contribution >= 4 is 23.1 Å². The van der Waals surface area contributed by atoms with Gasteiger partial charge in [-0.2, -0.15) is 0 Å². The Morgan fingerprint density at radius 3 is 2.74 bits per heavy atom. The predicted octanol–water partition coefficient (Wildman–Crippen LogP) is 2.70. The fraction of sp³-hybridized carbons (Fsp3) is 0.448. The van der Waals surface area contributed by atoms with Crippen molar-refractivity contribution in [2.24, 2.45) is 23.2 Å². The van der Waals surface area contributed by atoms with Crippen molar-refractivity contribution in [3.63, 3.8) is 0 Å². The van der Waals surface area contributed by atoms with Gasteiger partial charge in [0, 0.05) is 68.5 Å². The van der Waals surface area contributed by atoms with Crippen molar-refractivity contribution in [1.29, 1.82) is 0 Å². The molecule has 2 aliphatic rings. The molecule has 1 aliphatic carbocycles. The highest BCUT2D eigenvalue weighted by molar-refractivity contribution is 6.06. The molecule has 0 fully saturated rings. The van der Waals surface area contributed by atoms with Crippen LogP contribution in [0.1, 0.15) is 54.5 Å². The van der Waals surface area contributed by atoms with E-state index in [1.165, 1.54) is 15.8 Å². The number of aliphatic hydroxyl groups is 1. The van der Waals surface area contributed by atoms with Gasteiger partial charge in [0.25, 0.3) is 11.5 Å². The third-order valence-electron chi connectivity index (χ3n) is 7.80. The van der Waals surface area contributed by atoms with Gasteiger partial charge in [0.1, 0.15) is 17.2 Å². The minimum Gasteiger partial charge on any atom is -0.392 e. The number of carbonyl (C=O) groups excluding carboxylic acids is 1. The smallest absolute Gasteiger partial charge is 0.276 e. The van der Waals surface area contributed by atoms with E-state index in [9.17, 15) is 14.7 Å². The molecule has 0 saturated heterocycles. The van der Waals surface area contributed by atoms with Crippen LogP contribution in [0.2, 0.25) is 0 Å². The molecule has 1 atom stereocenters. The first-order chi connectivity index (χ1) is 18.5. The zero-order valence-corrected chi connectivity index (χ0v) is 23.3. The highest BCUT2D eigenvalue weighted by Gasteiger charge is 2.37. The molecule has 10 heteroatoms. The molecule has 1 aliphatic heterocycles. The summed E-state index contributed by atoms with van der Waals surface area (Å²) >= 11 is 0. The van der Waals surface area contributed by atoms with Gasteiger partial charge in [0.15, 0.2) is 0 Å². The Hall–Kier alpha value is -3.76. The molecule has 4 N–H and O–H groups in total. The van der Waals surface area contributed by atoms with Crippen LogP contribution in [0.5, 0.6) is 0 Å². The van der Waals surface area contributed by atoms with Gasteiger partial charge in [-0.15, -0.1) is 0 Å². The molecule has 0 saturated carbocycles. The fourth-order valence-electron chi connectivity index (χ4n) is 5.88. The van der Waals surface area contributed by atoms with E-state index in [0.29, 0.717) is 53.4 Å². The first-order valence-electron chi connectivity index (χ1n) is 13.3. The van der Waals surface area contributed by atoms with Crippen molar-refractivity contribution in [1.82, 2.24) is 14.1 Å². The fourth-order valence-corrected chi connectivity index (χ4v) is 5.88. The summed E-state index contributed by atoms with van der Waals surface area (Å²) in [6.45, 7) is 7.23. The maximum atomic E-state index is 13.7. The lowest BCUT2D eigenvalue weighted by Crippen LogP contribution is -2.41.